The van der Waals surface area contributed by atoms with E-state index in [-0.39, 0.29) is 0 Å². The summed E-state index contributed by atoms with van der Waals surface area (Å²) in [6.45, 7) is 4.13. The zero-order chi connectivity index (χ0) is 28.2. The molecule has 208 valence electrons. The van der Waals surface area contributed by atoms with E-state index in [1.807, 2.05) is 0 Å². The minimum Gasteiger partial charge on any atom is -0.456 e. The molecule has 0 aromatic rings. The number of ether oxygens (including phenoxy) is 1. The van der Waals surface area contributed by atoms with Crippen molar-refractivity contribution in [2.45, 2.75) is 87.0 Å². The highest BCUT2D eigenvalue weighted by atomic mass is 19.4. The highest BCUT2D eigenvalue weighted by molar-refractivity contribution is 5.87. The number of carbonyl (C=O) groups is 1. The average molecular weight is 552 g/mol. The first kappa shape index (κ1) is 28.9. The lowest BCUT2D eigenvalue weighted by Crippen LogP contribution is -2.80. The molecule has 2 N–H and O–H groups in total. The molecule has 4 fully saturated rings. The van der Waals surface area contributed by atoms with Gasteiger partial charge in [0.2, 0.25) is 0 Å². The van der Waals surface area contributed by atoms with E-state index < -0.39 is 108 Å². The van der Waals surface area contributed by atoms with E-state index >= 15 is 0 Å². The van der Waals surface area contributed by atoms with E-state index in [2.05, 4.69) is 6.58 Å². The molecule has 36 heavy (non-hydrogen) atoms. The van der Waals surface area contributed by atoms with Gasteiger partial charge in [-0.1, -0.05) is 6.58 Å². The van der Waals surface area contributed by atoms with Crippen molar-refractivity contribution in [2.75, 3.05) is 0 Å². The summed E-state index contributed by atoms with van der Waals surface area (Å²) in [5, 5.41) is 20.5. The van der Waals surface area contributed by atoms with E-state index in [1.165, 1.54) is 0 Å². The Balaban J connectivity index is 2.39. The maximum absolute atomic E-state index is 13.9. The summed E-state index contributed by atoms with van der Waals surface area (Å²) < 4.78 is 172. The van der Waals surface area contributed by atoms with Crippen LogP contribution in [0.2, 0.25) is 0 Å². The van der Waals surface area contributed by atoms with Crippen molar-refractivity contribution in [3.05, 3.63) is 12.2 Å². The van der Waals surface area contributed by atoms with Crippen LogP contribution >= 0.6 is 0 Å². The molecule has 4 aliphatic rings. The van der Waals surface area contributed by atoms with Crippen LogP contribution < -0.4 is 0 Å². The molecule has 0 amide bonds. The van der Waals surface area contributed by atoms with Crippen molar-refractivity contribution in [3.8, 4) is 0 Å². The first-order valence-electron chi connectivity index (χ1n) is 10.3. The van der Waals surface area contributed by atoms with Crippen molar-refractivity contribution in [3.63, 3.8) is 0 Å². The Morgan fingerprint density at radius 2 is 1.06 bits per heavy atom. The fraction of sp³-hybridized carbons (Fsp3) is 0.850. The number of hydrogen-bond donors (Lipinski definition) is 2. The Morgan fingerprint density at radius 3 is 1.33 bits per heavy atom. The number of esters is 1. The van der Waals surface area contributed by atoms with Crippen molar-refractivity contribution < 1.29 is 72.4 Å². The van der Waals surface area contributed by atoms with Crippen LogP contribution in [0.3, 0.4) is 0 Å². The largest absolute Gasteiger partial charge is 0.456 e. The molecule has 0 heterocycles. The lowest BCUT2D eigenvalue weighted by molar-refractivity contribution is -0.457. The molecular weight excluding hydrogens is 532 g/mol. The number of aliphatic hydroxyl groups is 2. The molecule has 2 unspecified atom stereocenters. The smallest absolute Gasteiger partial charge is 0.426 e. The minimum atomic E-state index is -6.60. The van der Waals surface area contributed by atoms with Gasteiger partial charge in [-0.05, 0) is 51.4 Å². The van der Waals surface area contributed by atoms with Gasteiger partial charge in [0.1, 0.15) is 5.60 Å². The molecule has 0 aromatic carbocycles. The third-order valence-electron chi connectivity index (χ3n) is 7.85. The molecule has 2 atom stereocenters. The van der Waals surface area contributed by atoms with E-state index in [4.69, 9.17) is 4.74 Å². The number of carbonyl (C=O) groups excluding carboxylic acids is 1. The molecule has 4 saturated carbocycles. The second-order valence-electron chi connectivity index (χ2n) is 10.3. The molecule has 0 saturated heterocycles. The summed E-state index contributed by atoms with van der Waals surface area (Å²) in [6, 6.07) is 0. The molecule has 0 aromatic heterocycles. The van der Waals surface area contributed by atoms with Crippen LogP contribution in [0.25, 0.3) is 0 Å². The van der Waals surface area contributed by atoms with Crippen molar-refractivity contribution in [1.82, 2.24) is 0 Å². The molecule has 0 spiro atoms. The second kappa shape index (κ2) is 7.44. The van der Waals surface area contributed by atoms with Crippen molar-refractivity contribution in [1.29, 1.82) is 0 Å². The van der Waals surface area contributed by atoms with Gasteiger partial charge in [-0.25, -0.2) is 4.79 Å². The molecule has 0 radical (unpaired) electrons. The van der Waals surface area contributed by atoms with E-state index in [1.54, 1.807) is 0 Å². The van der Waals surface area contributed by atoms with Crippen LogP contribution in [0.5, 0.6) is 0 Å². The molecule has 16 heteroatoms. The topological polar surface area (TPSA) is 66.8 Å². The fourth-order valence-corrected chi connectivity index (χ4v) is 7.08. The van der Waals surface area contributed by atoms with Gasteiger partial charge in [-0.2, -0.15) is 52.7 Å². The first-order chi connectivity index (χ1) is 15.7. The Morgan fingerprint density at radius 1 is 0.722 bits per heavy atom. The van der Waals surface area contributed by atoms with Crippen LogP contribution in [0.1, 0.15) is 45.4 Å². The van der Waals surface area contributed by atoms with Gasteiger partial charge in [0, 0.05) is 16.4 Å². The fourth-order valence-electron chi connectivity index (χ4n) is 7.08. The van der Waals surface area contributed by atoms with Crippen molar-refractivity contribution >= 4 is 5.97 Å². The summed E-state index contributed by atoms with van der Waals surface area (Å²) in [5.41, 5.74) is -22.3. The normalized spacial score (nSPS) is 33.6. The van der Waals surface area contributed by atoms with Gasteiger partial charge in [0.05, 0.1) is 0 Å². The molecule has 4 nitrogen and oxygen atoms in total. The van der Waals surface area contributed by atoms with Gasteiger partial charge in [-0.15, -0.1) is 0 Å². The van der Waals surface area contributed by atoms with Crippen LogP contribution in [-0.4, -0.2) is 57.7 Å². The quantitative estimate of drug-likeness (QED) is 0.274. The zero-order valence-corrected chi connectivity index (χ0v) is 18.3. The van der Waals surface area contributed by atoms with Gasteiger partial charge in [-0.3, -0.25) is 0 Å². The van der Waals surface area contributed by atoms with Crippen LogP contribution in [0.4, 0.5) is 52.7 Å². The molecule has 4 bridgehead atoms. The molecule has 4 aliphatic carbocycles. The summed E-state index contributed by atoms with van der Waals surface area (Å²) in [5.74, 6) is -3.21. The number of hydrogen-bond acceptors (Lipinski definition) is 4. The Bertz CT molecular complexity index is 862. The molecular formula is C20H20F12O4. The van der Waals surface area contributed by atoms with Crippen molar-refractivity contribution in [2.24, 2.45) is 16.7 Å². The first-order valence-corrected chi connectivity index (χ1v) is 10.3. The number of rotatable bonds is 4. The lowest BCUT2D eigenvalue weighted by atomic mass is 9.36. The van der Waals surface area contributed by atoms with Gasteiger partial charge >= 0.3 is 30.7 Å². The van der Waals surface area contributed by atoms with E-state index in [0.29, 0.717) is 0 Å². The number of halogens is 12. The standard InChI is InChI=1S/C20H20F12O4/c1-9(2)11(33)36-14-5-10-3-12(7-14,15(34,17(21,22)23)18(24,25)26)6-13(4-10,8-14)16(35,19(27,28)29)20(30,31)32/h10,34-35H,1,3-8H2,2H3. The summed E-state index contributed by atoms with van der Waals surface area (Å²) in [6.07, 6.45) is -34.9. The van der Waals surface area contributed by atoms with E-state index in [0.717, 1.165) is 6.92 Å². The minimum absolute atomic E-state index is 0.488. The van der Waals surface area contributed by atoms with Crippen LogP contribution in [0.15, 0.2) is 12.2 Å². The summed E-state index contributed by atoms with van der Waals surface area (Å²) in [4.78, 5) is 12.2. The van der Waals surface area contributed by atoms with Gasteiger partial charge in [0.25, 0.3) is 11.2 Å². The number of alkyl halides is 12. The van der Waals surface area contributed by atoms with Crippen LogP contribution in [0, 0.1) is 16.7 Å². The Labute approximate surface area is 195 Å². The van der Waals surface area contributed by atoms with Gasteiger partial charge in [0.15, 0.2) is 0 Å². The summed E-state index contributed by atoms with van der Waals surface area (Å²) >= 11 is 0. The second-order valence-corrected chi connectivity index (χ2v) is 10.3. The molecule has 4 rings (SSSR count). The van der Waals surface area contributed by atoms with E-state index in [9.17, 15) is 67.7 Å². The maximum Gasteiger partial charge on any atom is 0.426 e. The molecule has 0 aliphatic heterocycles. The average Bonchev–Trinajstić information content (AvgIpc) is 2.61. The monoisotopic (exact) mass is 552 g/mol. The van der Waals surface area contributed by atoms with Gasteiger partial charge < -0.3 is 14.9 Å². The highest BCUT2D eigenvalue weighted by Gasteiger charge is 2.89. The Kier molecular flexibility index (Phi) is 5.97. The zero-order valence-electron chi connectivity index (χ0n) is 18.3. The Hall–Kier alpha value is -1.71. The summed E-state index contributed by atoms with van der Waals surface area (Å²) in [7, 11) is 0. The predicted octanol–water partition coefficient (Wildman–Crippen LogP) is 5.53. The third-order valence-corrected chi connectivity index (χ3v) is 7.85. The highest BCUT2D eigenvalue weighted by Crippen LogP contribution is 2.78. The van der Waals surface area contributed by atoms with Crippen LogP contribution in [-0.2, 0) is 9.53 Å². The lowest BCUT2D eigenvalue weighted by Gasteiger charge is -2.70. The maximum atomic E-state index is 13.9. The third kappa shape index (κ3) is 3.56. The SMILES string of the molecule is C=C(C)C(=O)OC12CC3CC(C(O)(C(F)(F)F)C(F)(F)F)(C1)CC(C(O)(C(F)(F)F)C(F)(F)F)(C3)C2. The predicted molar refractivity (Wildman–Crippen MR) is 93.8 cm³/mol.